The van der Waals surface area contributed by atoms with Crippen LogP contribution in [0.1, 0.15) is 5.56 Å². The summed E-state index contributed by atoms with van der Waals surface area (Å²) in [4.78, 5) is 1.37. The minimum absolute atomic E-state index is 0.289. The third kappa shape index (κ3) is 2.51. The second kappa shape index (κ2) is 5.04. The van der Waals surface area contributed by atoms with E-state index in [1.54, 1.807) is 12.3 Å². The molecule has 116 valence electrons. The van der Waals surface area contributed by atoms with Gasteiger partial charge in [-0.05, 0) is 30.3 Å². The van der Waals surface area contributed by atoms with Crippen molar-refractivity contribution in [3.8, 4) is 0 Å². The van der Waals surface area contributed by atoms with Gasteiger partial charge in [-0.3, -0.25) is 5.01 Å². The van der Waals surface area contributed by atoms with Crippen molar-refractivity contribution < 1.29 is 22.0 Å². The van der Waals surface area contributed by atoms with Gasteiger partial charge in [0.15, 0.2) is 0 Å². The number of fused-ring (bicyclic) bond motifs is 1. The zero-order chi connectivity index (χ0) is 15.9. The van der Waals surface area contributed by atoms with Crippen LogP contribution < -0.4 is 10.3 Å². The smallest absolute Gasteiger partial charge is 0.320 e. The number of hydrazine groups is 1. The molecule has 1 aromatic rings. The van der Waals surface area contributed by atoms with Crippen LogP contribution in [-0.4, -0.2) is 11.4 Å². The first-order valence-corrected chi connectivity index (χ1v) is 6.26. The molecule has 2 aliphatic rings. The zero-order valence-electron chi connectivity index (χ0n) is 11.0. The maximum absolute atomic E-state index is 13.1. The van der Waals surface area contributed by atoms with E-state index in [2.05, 4.69) is 5.43 Å². The van der Waals surface area contributed by atoms with E-state index >= 15 is 0 Å². The van der Waals surface area contributed by atoms with Gasteiger partial charge in [0.2, 0.25) is 0 Å². The van der Waals surface area contributed by atoms with Gasteiger partial charge in [0, 0.05) is 24.3 Å². The molecule has 2 aliphatic heterocycles. The molecule has 0 atom stereocenters. The van der Waals surface area contributed by atoms with Gasteiger partial charge in [-0.15, -0.1) is 0 Å². The lowest BCUT2D eigenvalue weighted by atomic mass is 10.2. The van der Waals surface area contributed by atoms with Gasteiger partial charge in [-0.2, -0.15) is 13.2 Å². The molecule has 0 bridgehead atoms. The SMILES string of the molecule is FC(F)C1=CN(c2ccc(C(F)(F)F)cc2)C=C2C=CNN21. The van der Waals surface area contributed by atoms with Crippen LogP contribution in [0.5, 0.6) is 0 Å². The number of benzene rings is 1. The standard InChI is InChI=1S/C14H10F5N3/c15-13(16)12-8-21(7-11-5-6-20-22(11)12)10-3-1-9(2-4-10)14(17,18)19/h1-8,13,20H. The predicted molar refractivity (Wildman–Crippen MR) is 70.2 cm³/mol. The van der Waals surface area contributed by atoms with E-state index < -0.39 is 18.2 Å². The molecule has 3 nitrogen and oxygen atoms in total. The molecular formula is C14H10F5N3. The molecule has 0 unspecified atom stereocenters. The lowest BCUT2D eigenvalue weighted by Gasteiger charge is -2.31. The van der Waals surface area contributed by atoms with Crippen LogP contribution >= 0.6 is 0 Å². The van der Waals surface area contributed by atoms with Crippen LogP contribution in [0.15, 0.2) is 60.3 Å². The fraction of sp³-hybridized carbons (Fsp3) is 0.143. The summed E-state index contributed by atoms with van der Waals surface area (Å²) in [5.74, 6) is 0. The Hall–Kier alpha value is -2.51. The molecule has 0 amide bonds. The highest BCUT2D eigenvalue weighted by Crippen LogP contribution is 2.33. The number of nitrogens with one attached hydrogen (secondary N) is 1. The average Bonchev–Trinajstić information content (AvgIpc) is 2.93. The van der Waals surface area contributed by atoms with Gasteiger partial charge in [0.05, 0.1) is 11.3 Å². The number of rotatable bonds is 2. The van der Waals surface area contributed by atoms with Crippen LogP contribution in [0.2, 0.25) is 0 Å². The molecule has 0 aromatic heterocycles. The third-order valence-corrected chi connectivity index (χ3v) is 3.23. The van der Waals surface area contributed by atoms with E-state index in [4.69, 9.17) is 0 Å². The first kappa shape index (κ1) is 14.4. The highest BCUT2D eigenvalue weighted by atomic mass is 19.4. The molecule has 8 heteroatoms. The summed E-state index contributed by atoms with van der Waals surface area (Å²) < 4.78 is 63.8. The first-order valence-electron chi connectivity index (χ1n) is 6.26. The Bertz CT molecular complexity index is 658. The maximum Gasteiger partial charge on any atom is 0.416 e. The van der Waals surface area contributed by atoms with E-state index in [0.717, 1.165) is 12.1 Å². The quantitative estimate of drug-likeness (QED) is 0.837. The fourth-order valence-electron chi connectivity index (χ4n) is 2.18. The van der Waals surface area contributed by atoms with Gasteiger partial charge in [0.1, 0.15) is 5.70 Å². The number of halogens is 5. The molecule has 0 fully saturated rings. The van der Waals surface area contributed by atoms with E-state index in [9.17, 15) is 22.0 Å². The Morgan fingerprint density at radius 2 is 1.68 bits per heavy atom. The predicted octanol–water partition coefficient (Wildman–Crippen LogP) is 3.81. The Morgan fingerprint density at radius 3 is 2.27 bits per heavy atom. The van der Waals surface area contributed by atoms with Gasteiger partial charge >= 0.3 is 6.18 Å². The molecule has 0 spiro atoms. The van der Waals surface area contributed by atoms with Crippen molar-refractivity contribution in [2.75, 3.05) is 4.90 Å². The number of nitrogens with zero attached hydrogens (tertiary/aromatic N) is 2. The Morgan fingerprint density at radius 1 is 1.00 bits per heavy atom. The molecule has 0 aliphatic carbocycles. The van der Waals surface area contributed by atoms with Gasteiger partial charge in [-0.25, -0.2) is 8.78 Å². The summed E-state index contributed by atoms with van der Waals surface area (Å²) >= 11 is 0. The molecule has 2 heterocycles. The van der Waals surface area contributed by atoms with E-state index in [1.165, 1.54) is 34.4 Å². The van der Waals surface area contributed by atoms with Crippen LogP contribution in [0.4, 0.5) is 27.6 Å². The number of alkyl halides is 5. The van der Waals surface area contributed by atoms with Crippen LogP contribution in [-0.2, 0) is 6.18 Å². The molecule has 0 radical (unpaired) electrons. The van der Waals surface area contributed by atoms with Crippen molar-refractivity contribution in [2.24, 2.45) is 0 Å². The Kier molecular flexibility index (Phi) is 3.31. The molecule has 3 rings (SSSR count). The average molecular weight is 315 g/mol. The second-order valence-corrected chi connectivity index (χ2v) is 4.66. The minimum atomic E-state index is -4.43. The monoisotopic (exact) mass is 315 g/mol. The number of hydrogen-bond donors (Lipinski definition) is 1. The van der Waals surface area contributed by atoms with Crippen molar-refractivity contribution >= 4 is 5.69 Å². The van der Waals surface area contributed by atoms with Crippen molar-refractivity contribution in [1.29, 1.82) is 0 Å². The Labute approximate surface area is 122 Å². The van der Waals surface area contributed by atoms with Crippen molar-refractivity contribution in [2.45, 2.75) is 12.6 Å². The normalized spacial score (nSPS) is 17.4. The summed E-state index contributed by atoms with van der Waals surface area (Å²) in [5, 5.41) is 1.21. The summed E-state index contributed by atoms with van der Waals surface area (Å²) in [6.07, 6.45) is -1.35. The van der Waals surface area contributed by atoms with E-state index in [0.29, 0.717) is 11.4 Å². The fourth-order valence-corrected chi connectivity index (χ4v) is 2.18. The van der Waals surface area contributed by atoms with Gasteiger partial charge in [-0.1, -0.05) is 0 Å². The third-order valence-electron chi connectivity index (χ3n) is 3.23. The minimum Gasteiger partial charge on any atom is -0.320 e. The number of anilines is 1. The van der Waals surface area contributed by atoms with E-state index in [-0.39, 0.29) is 5.70 Å². The summed E-state index contributed by atoms with van der Waals surface area (Å²) in [6.45, 7) is 0. The summed E-state index contributed by atoms with van der Waals surface area (Å²) in [7, 11) is 0. The molecule has 22 heavy (non-hydrogen) atoms. The maximum atomic E-state index is 13.1. The van der Waals surface area contributed by atoms with E-state index in [1.807, 2.05) is 0 Å². The largest absolute Gasteiger partial charge is 0.416 e. The zero-order valence-corrected chi connectivity index (χ0v) is 11.0. The highest BCUT2D eigenvalue weighted by molar-refractivity contribution is 5.57. The summed E-state index contributed by atoms with van der Waals surface area (Å²) in [6, 6.07) is 4.31. The van der Waals surface area contributed by atoms with Gasteiger partial charge < -0.3 is 10.3 Å². The molecule has 0 saturated carbocycles. The topological polar surface area (TPSA) is 18.5 Å². The van der Waals surface area contributed by atoms with Crippen molar-refractivity contribution in [3.05, 3.63) is 65.9 Å². The van der Waals surface area contributed by atoms with Crippen LogP contribution in [0.3, 0.4) is 0 Å². The number of allylic oxidation sites excluding steroid dienone is 2. The van der Waals surface area contributed by atoms with Crippen molar-refractivity contribution in [1.82, 2.24) is 10.4 Å². The summed E-state index contributed by atoms with van der Waals surface area (Å²) in [5.41, 5.74) is 2.40. The second-order valence-electron chi connectivity index (χ2n) is 4.66. The van der Waals surface area contributed by atoms with Crippen LogP contribution in [0, 0.1) is 0 Å². The van der Waals surface area contributed by atoms with Crippen molar-refractivity contribution in [3.63, 3.8) is 0 Å². The highest BCUT2D eigenvalue weighted by Gasteiger charge is 2.31. The van der Waals surface area contributed by atoms with Gasteiger partial charge in [0.25, 0.3) is 6.43 Å². The number of hydrogen-bond acceptors (Lipinski definition) is 3. The first-order chi connectivity index (χ1) is 10.4. The lowest BCUT2D eigenvalue weighted by Crippen LogP contribution is -2.36. The lowest BCUT2D eigenvalue weighted by molar-refractivity contribution is -0.137. The molecule has 1 aromatic carbocycles. The molecule has 0 saturated heterocycles. The molecular weight excluding hydrogens is 305 g/mol. The van der Waals surface area contributed by atoms with Crippen LogP contribution in [0.25, 0.3) is 0 Å². The Balaban J connectivity index is 1.94. The molecule has 1 N–H and O–H groups in total.